The number of aromatic nitrogens is 2. The SMILES string of the molecule is COC(=O)CCSc1nc(Cl)ncc1Br. The quantitative estimate of drug-likeness (QED) is 0.370. The first-order valence-electron chi connectivity index (χ1n) is 4.01. The van der Waals surface area contributed by atoms with Crippen LogP contribution in [-0.4, -0.2) is 28.8 Å². The first-order chi connectivity index (χ1) is 7.13. The maximum absolute atomic E-state index is 10.8. The summed E-state index contributed by atoms with van der Waals surface area (Å²) in [5.41, 5.74) is 0. The molecule has 1 heterocycles. The van der Waals surface area contributed by atoms with Crippen LogP contribution < -0.4 is 0 Å². The molecule has 0 aliphatic rings. The predicted octanol–water partition coefficient (Wildman–Crippen LogP) is 2.55. The molecule has 0 radical (unpaired) electrons. The lowest BCUT2D eigenvalue weighted by Gasteiger charge is -2.02. The third-order valence-corrected chi connectivity index (χ3v) is 3.47. The highest BCUT2D eigenvalue weighted by atomic mass is 79.9. The number of methoxy groups -OCH3 is 1. The summed E-state index contributed by atoms with van der Waals surface area (Å²) in [6.07, 6.45) is 1.92. The van der Waals surface area contributed by atoms with Crippen LogP contribution in [0.2, 0.25) is 5.28 Å². The zero-order valence-electron chi connectivity index (χ0n) is 7.87. The number of carbonyl (C=O) groups excluding carboxylic acids is 1. The summed E-state index contributed by atoms with van der Waals surface area (Å²) in [6, 6.07) is 0. The van der Waals surface area contributed by atoms with Crippen molar-refractivity contribution in [3.8, 4) is 0 Å². The summed E-state index contributed by atoms with van der Waals surface area (Å²) in [4.78, 5) is 18.7. The summed E-state index contributed by atoms with van der Waals surface area (Å²) in [5, 5.41) is 0.915. The number of nitrogens with zero attached hydrogens (tertiary/aromatic N) is 2. The molecule has 0 atom stereocenters. The fourth-order valence-corrected chi connectivity index (χ4v) is 2.29. The molecule has 0 saturated heterocycles. The minimum Gasteiger partial charge on any atom is -0.469 e. The van der Waals surface area contributed by atoms with Gasteiger partial charge in [-0.2, -0.15) is 0 Å². The monoisotopic (exact) mass is 310 g/mol. The predicted molar refractivity (Wildman–Crippen MR) is 62.1 cm³/mol. The van der Waals surface area contributed by atoms with Crippen molar-refractivity contribution in [2.24, 2.45) is 0 Å². The van der Waals surface area contributed by atoms with Crippen molar-refractivity contribution in [3.63, 3.8) is 0 Å². The molecular weight excluding hydrogens is 304 g/mol. The molecule has 1 aromatic rings. The number of thioether (sulfide) groups is 1. The zero-order valence-corrected chi connectivity index (χ0v) is 11.0. The number of halogens is 2. The van der Waals surface area contributed by atoms with Crippen LogP contribution >= 0.6 is 39.3 Å². The van der Waals surface area contributed by atoms with Gasteiger partial charge in [0.25, 0.3) is 0 Å². The molecule has 1 rings (SSSR count). The number of rotatable bonds is 4. The van der Waals surface area contributed by atoms with E-state index in [1.807, 2.05) is 0 Å². The summed E-state index contributed by atoms with van der Waals surface area (Å²) < 4.78 is 5.28. The van der Waals surface area contributed by atoms with Gasteiger partial charge in [-0.3, -0.25) is 4.79 Å². The van der Waals surface area contributed by atoms with E-state index in [4.69, 9.17) is 11.6 Å². The highest BCUT2D eigenvalue weighted by molar-refractivity contribution is 9.10. The Labute approximate surface area is 105 Å². The lowest BCUT2D eigenvalue weighted by atomic mass is 10.5. The number of hydrogen-bond acceptors (Lipinski definition) is 5. The van der Waals surface area contributed by atoms with Crippen LogP contribution in [0.1, 0.15) is 6.42 Å². The van der Waals surface area contributed by atoms with E-state index < -0.39 is 0 Å². The first-order valence-corrected chi connectivity index (χ1v) is 6.17. The standard InChI is InChI=1S/C8H8BrClN2O2S/c1-14-6(13)2-3-15-7-5(9)4-11-8(10)12-7/h4H,2-3H2,1H3. The van der Waals surface area contributed by atoms with E-state index in [2.05, 4.69) is 30.6 Å². The third-order valence-electron chi connectivity index (χ3n) is 1.46. The second-order valence-corrected chi connectivity index (χ2v) is 4.74. The maximum atomic E-state index is 10.8. The fourth-order valence-electron chi connectivity index (χ4n) is 0.766. The van der Waals surface area contributed by atoms with Crippen LogP contribution in [0, 0.1) is 0 Å². The van der Waals surface area contributed by atoms with Crippen molar-refractivity contribution in [3.05, 3.63) is 16.0 Å². The molecule has 7 heteroatoms. The Hall–Kier alpha value is -0.330. The van der Waals surface area contributed by atoms with E-state index in [9.17, 15) is 4.79 Å². The highest BCUT2D eigenvalue weighted by Gasteiger charge is 2.06. The van der Waals surface area contributed by atoms with Crippen molar-refractivity contribution >= 4 is 45.3 Å². The minimum absolute atomic E-state index is 0.193. The average Bonchev–Trinajstić information content (AvgIpc) is 2.23. The molecule has 15 heavy (non-hydrogen) atoms. The van der Waals surface area contributed by atoms with Crippen LogP contribution in [0.5, 0.6) is 0 Å². The molecule has 0 spiro atoms. The van der Waals surface area contributed by atoms with Crippen LogP contribution in [-0.2, 0) is 9.53 Å². The van der Waals surface area contributed by atoms with Crippen LogP contribution in [0.3, 0.4) is 0 Å². The van der Waals surface area contributed by atoms with Gasteiger partial charge >= 0.3 is 5.97 Å². The molecule has 0 bridgehead atoms. The van der Waals surface area contributed by atoms with Gasteiger partial charge in [-0.15, -0.1) is 11.8 Å². The molecule has 0 fully saturated rings. The van der Waals surface area contributed by atoms with Gasteiger partial charge in [0.1, 0.15) is 5.03 Å². The lowest BCUT2D eigenvalue weighted by molar-refractivity contribution is -0.140. The van der Waals surface area contributed by atoms with Gasteiger partial charge in [0.05, 0.1) is 18.0 Å². The molecule has 82 valence electrons. The molecule has 0 N–H and O–H groups in total. The van der Waals surface area contributed by atoms with Crippen LogP contribution in [0.15, 0.2) is 15.7 Å². The van der Waals surface area contributed by atoms with Crippen molar-refractivity contribution in [2.75, 3.05) is 12.9 Å². The van der Waals surface area contributed by atoms with E-state index in [0.717, 1.165) is 9.50 Å². The molecule has 4 nitrogen and oxygen atoms in total. The van der Waals surface area contributed by atoms with Gasteiger partial charge in [0.15, 0.2) is 0 Å². The summed E-state index contributed by atoms with van der Waals surface area (Å²) >= 11 is 10.4. The van der Waals surface area contributed by atoms with E-state index >= 15 is 0 Å². The molecule has 0 saturated carbocycles. The Bertz CT molecular complexity index is 364. The third kappa shape index (κ3) is 4.36. The second-order valence-electron chi connectivity index (χ2n) is 2.47. The molecule has 0 aromatic carbocycles. The number of carbonyl (C=O) groups is 1. The minimum atomic E-state index is -0.237. The van der Waals surface area contributed by atoms with E-state index in [1.54, 1.807) is 6.20 Å². The van der Waals surface area contributed by atoms with Crippen LogP contribution in [0.4, 0.5) is 0 Å². The van der Waals surface area contributed by atoms with Crippen molar-refractivity contribution in [2.45, 2.75) is 11.4 Å². The topological polar surface area (TPSA) is 52.1 Å². The van der Waals surface area contributed by atoms with Gasteiger partial charge < -0.3 is 4.74 Å². The van der Waals surface area contributed by atoms with Crippen molar-refractivity contribution in [1.82, 2.24) is 9.97 Å². The lowest BCUT2D eigenvalue weighted by Crippen LogP contribution is -2.01. The molecule has 0 aliphatic heterocycles. The smallest absolute Gasteiger partial charge is 0.306 e. The number of hydrogen-bond donors (Lipinski definition) is 0. The average molecular weight is 312 g/mol. The van der Waals surface area contributed by atoms with Crippen molar-refractivity contribution < 1.29 is 9.53 Å². The Balaban J connectivity index is 2.50. The van der Waals surface area contributed by atoms with Crippen molar-refractivity contribution in [1.29, 1.82) is 0 Å². The Morgan fingerprint density at radius 2 is 2.47 bits per heavy atom. The van der Waals surface area contributed by atoms with E-state index in [0.29, 0.717) is 12.2 Å². The second kappa shape index (κ2) is 6.30. The number of esters is 1. The normalized spacial score (nSPS) is 10.1. The van der Waals surface area contributed by atoms with Crippen LogP contribution in [0.25, 0.3) is 0 Å². The maximum Gasteiger partial charge on any atom is 0.306 e. The number of ether oxygens (including phenoxy) is 1. The largest absolute Gasteiger partial charge is 0.469 e. The highest BCUT2D eigenvalue weighted by Crippen LogP contribution is 2.26. The van der Waals surface area contributed by atoms with Gasteiger partial charge in [0.2, 0.25) is 5.28 Å². The van der Waals surface area contributed by atoms with E-state index in [-0.39, 0.29) is 11.3 Å². The van der Waals surface area contributed by atoms with Gasteiger partial charge in [-0.25, -0.2) is 9.97 Å². The molecular formula is C8H8BrClN2O2S. The zero-order chi connectivity index (χ0) is 11.3. The summed E-state index contributed by atoms with van der Waals surface area (Å²) in [7, 11) is 1.37. The van der Waals surface area contributed by atoms with Gasteiger partial charge in [0, 0.05) is 11.9 Å². The summed E-state index contributed by atoms with van der Waals surface area (Å²) in [5.74, 6) is 0.359. The molecule has 0 unspecified atom stereocenters. The van der Waals surface area contributed by atoms with Gasteiger partial charge in [-0.1, -0.05) is 0 Å². The Morgan fingerprint density at radius 3 is 3.13 bits per heavy atom. The summed E-state index contributed by atoms with van der Waals surface area (Å²) in [6.45, 7) is 0. The fraction of sp³-hybridized carbons (Fsp3) is 0.375. The van der Waals surface area contributed by atoms with Gasteiger partial charge in [-0.05, 0) is 27.5 Å². The molecule has 1 aromatic heterocycles. The first kappa shape index (κ1) is 12.7. The molecule has 0 amide bonds. The Kier molecular flexibility index (Phi) is 5.35. The van der Waals surface area contributed by atoms with E-state index in [1.165, 1.54) is 18.9 Å². The molecule has 0 aliphatic carbocycles. The Morgan fingerprint density at radius 1 is 1.73 bits per heavy atom.